The van der Waals surface area contributed by atoms with Crippen LogP contribution >= 0.6 is 0 Å². The van der Waals surface area contributed by atoms with Crippen LogP contribution in [0.4, 0.5) is 0 Å². The lowest BCUT2D eigenvalue weighted by Crippen LogP contribution is -2.42. The second kappa shape index (κ2) is 3.85. The second-order valence-electron chi connectivity index (χ2n) is 2.57. The molecule has 0 spiro atoms. The van der Waals surface area contributed by atoms with Gasteiger partial charge in [0.2, 0.25) is 11.8 Å². The van der Waals surface area contributed by atoms with Crippen LogP contribution < -0.4 is 10.6 Å². The SMILES string of the molecule is O=CCNC(=O)[C@@H]1CCC(=O)N1. The number of rotatable bonds is 3. The summed E-state index contributed by atoms with van der Waals surface area (Å²) in [6.45, 7) is 0.00516. The minimum Gasteiger partial charge on any atom is -0.348 e. The maximum atomic E-state index is 11.1. The van der Waals surface area contributed by atoms with Crippen molar-refractivity contribution in [1.29, 1.82) is 0 Å². The first-order valence-electron chi connectivity index (χ1n) is 3.74. The molecule has 0 aromatic heterocycles. The van der Waals surface area contributed by atoms with Gasteiger partial charge in [0.25, 0.3) is 0 Å². The van der Waals surface area contributed by atoms with Gasteiger partial charge in [-0.25, -0.2) is 0 Å². The molecule has 66 valence electrons. The molecule has 1 heterocycles. The van der Waals surface area contributed by atoms with E-state index in [1.165, 1.54) is 0 Å². The van der Waals surface area contributed by atoms with Gasteiger partial charge < -0.3 is 15.4 Å². The first-order chi connectivity index (χ1) is 5.74. The van der Waals surface area contributed by atoms with Gasteiger partial charge in [0.1, 0.15) is 12.3 Å². The second-order valence-corrected chi connectivity index (χ2v) is 2.57. The molecule has 1 aliphatic heterocycles. The van der Waals surface area contributed by atoms with Crippen LogP contribution in [0.15, 0.2) is 0 Å². The van der Waals surface area contributed by atoms with Crippen molar-refractivity contribution in [2.75, 3.05) is 6.54 Å². The summed E-state index contributed by atoms with van der Waals surface area (Å²) in [7, 11) is 0. The van der Waals surface area contributed by atoms with Crippen LogP contribution in [0.25, 0.3) is 0 Å². The molecule has 0 aromatic carbocycles. The standard InChI is InChI=1S/C7H10N2O3/c10-4-3-8-7(12)5-1-2-6(11)9-5/h4-5H,1-3H2,(H,8,12)(H,9,11)/t5-/m0/s1. The van der Waals surface area contributed by atoms with Gasteiger partial charge in [-0.2, -0.15) is 0 Å². The maximum Gasteiger partial charge on any atom is 0.242 e. The topological polar surface area (TPSA) is 75.3 Å². The Morgan fingerprint density at radius 3 is 3.00 bits per heavy atom. The molecule has 1 rings (SSSR count). The molecule has 12 heavy (non-hydrogen) atoms. The Bertz CT molecular complexity index is 215. The minimum atomic E-state index is -0.447. The van der Waals surface area contributed by atoms with E-state index in [2.05, 4.69) is 10.6 Å². The molecule has 0 aliphatic carbocycles. The fraction of sp³-hybridized carbons (Fsp3) is 0.571. The van der Waals surface area contributed by atoms with Gasteiger partial charge in [0.05, 0.1) is 6.54 Å². The van der Waals surface area contributed by atoms with E-state index in [0.29, 0.717) is 19.1 Å². The van der Waals surface area contributed by atoms with Crippen molar-refractivity contribution >= 4 is 18.1 Å². The minimum absolute atomic E-state index is 0.00516. The summed E-state index contributed by atoms with van der Waals surface area (Å²) in [6.07, 6.45) is 1.51. The number of carbonyl (C=O) groups is 3. The van der Waals surface area contributed by atoms with Crippen LogP contribution in [0.3, 0.4) is 0 Å². The van der Waals surface area contributed by atoms with E-state index in [9.17, 15) is 14.4 Å². The lowest BCUT2D eigenvalue weighted by atomic mass is 10.2. The monoisotopic (exact) mass is 170 g/mol. The first kappa shape index (κ1) is 8.70. The lowest BCUT2D eigenvalue weighted by Gasteiger charge is -2.07. The van der Waals surface area contributed by atoms with E-state index in [0.717, 1.165) is 0 Å². The van der Waals surface area contributed by atoms with Crippen molar-refractivity contribution in [2.24, 2.45) is 0 Å². The highest BCUT2D eigenvalue weighted by Crippen LogP contribution is 2.05. The normalized spacial score (nSPS) is 21.7. The average molecular weight is 170 g/mol. The van der Waals surface area contributed by atoms with Crippen LogP contribution in [0, 0.1) is 0 Å². The Hall–Kier alpha value is -1.39. The smallest absolute Gasteiger partial charge is 0.242 e. The molecular formula is C7H10N2O3. The summed E-state index contributed by atoms with van der Waals surface area (Å²) < 4.78 is 0. The molecule has 2 amide bonds. The van der Waals surface area contributed by atoms with Crippen LogP contribution in [0.1, 0.15) is 12.8 Å². The van der Waals surface area contributed by atoms with Gasteiger partial charge in [-0.05, 0) is 6.42 Å². The lowest BCUT2D eigenvalue weighted by molar-refractivity contribution is -0.126. The molecular weight excluding hydrogens is 160 g/mol. The predicted molar refractivity (Wildman–Crippen MR) is 40.2 cm³/mol. The Balaban J connectivity index is 2.32. The van der Waals surface area contributed by atoms with E-state index >= 15 is 0 Å². The number of nitrogens with one attached hydrogen (secondary N) is 2. The molecule has 0 bridgehead atoms. The third kappa shape index (κ3) is 2.05. The van der Waals surface area contributed by atoms with Gasteiger partial charge in [0.15, 0.2) is 0 Å². The van der Waals surface area contributed by atoms with E-state index in [-0.39, 0.29) is 18.4 Å². The summed E-state index contributed by atoms with van der Waals surface area (Å²) in [4.78, 5) is 31.6. The third-order valence-electron chi connectivity index (χ3n) is 1.67. The zero-order valence-electron chi connectivity index (χ0n) is 6.50. The molecule has 2 N–H and O–H groups in total. The van der Waals surface area contributed by atoms with Crippen molar-refractivity contribution in [3.05, 3.63) is 0 Å². The summed E-state index contributed by atoms with van der Waals surface area (Å²) >= 11 is 0. The highest BCUT2D eigenvalue weighted by molar-refractivity contribution is 5.91. The number of aldehydes is 1. The fourth-order valence-corrected chi connectivity index (χ4v) is 1.08. The molecule has 1 saturated heterocycles. The fourth-order valence-electron chi connectivity index (χ4n) is 1.08. The van der Waals surface area contributed by atoms with Gasteiger partial charge in [-0.15, -0.1) is 0 Å². The Morgan fingerprint density at radius 1 is 1.75 bits per heavy atom. The summed E-state index contributed by atoms with van der Waals surface area (Å²) in [5.41, 5.74) is 0. The summed E-state index contributed by atoms with van der Waals surface area (Å²) in [6, 6.07) is -0.447. The number of hydrogen-bond donors (Lipinski definition) is 2. The molecule has 1 aliphatic rings. The van der Waals surface area contributed by atoms with Crippen LogP contribution in [0.2, 0.25) is 0 Å². The van der Waals surface area contributed by atoms with E-state index < -0.39 is 6.04 Å². The quantitative estimate of drug-likeness (QED) is 0.510. The van der Waals surface area contributed by atoms with Gasteiger partial charge in [-0.1, -0.05) is 0 Å². The Kier molecular flexibility index (Phi) is 2.79. The highest BCUT2D eigenvalue weighted by atomic mass is 16.2. The van der Waals surface area contributed by atoms with Crippen LogP contribution in [-0.4, -0.2) is 30.7 Å². The highest BCUT2D eigenvalue weighted by Gasteiger charge is 2.26. The number of hydrogen-bond acceptors (Lipinski definition) is 3. The molecule has 5 nitrogen and oxygen atoms in total. The zero-order valence-corrected chi connectivity index (χ0v) is 6.50. The summed E-state index contributed by atoms with van der Waals surface area (Å²) in [5.74, 6) is -0.394. The van der Waals surface area contributed by atoms with Gasteiger partial charge >= 0.3 is 0 Å². The summed E-state index contributed by atoms with van der Waals surface area (Å²) in [5, 5.41) is 4.87. The van der Waals surface area contributed by atoms with Crippen LogP contribution in [-0.2, 0) is 14.4 Å². The number of amides is 2. The van der Waals surface area contributed by atoms with Crippen LogP contribution in [0.5, 0.6) is 0 Å². The number of carbonyl (C=O) groups excluding carboxylic acids is 3. The van der Waals surface area contributed by atoms with Crippen molar-refractivity contribution in [3.63, 3.8) is 0 Å². The van der Waals surface area contributed by atoms with Gasteiger partial charge in [-0.3, -0.25) is 9.59 Å². The predicted octanol–water partition coefficient (Wildman–Crippen LogP) is -1.42. The Morgan fingerprint density at radius 2 is 2.50 bits per heavy atom. The average Bonchev–Trinajstić information content (AvgIpc) is 2.47. The molecule has 0 unspecified atom stereocenters. The Labute approximate surface area is 69.5 Å². The maximum absolute atomic E-state index is 11.1. The molecule has 0 radical (unpaired) electrons. The van der Waals surface area contributed by atoms with E-state index in [1.807, 2.05) is 0 Å². The van der Waals surface area contributed by atoms with E-state index in [4.69, 9.17) is 0 Å². The van der Waals surface area contributed by atoms with Crippen molar-refractivity contribution < 1.29 is 14.4 Å². The molecule has 1 fully saturated rings. The first-order valence-corrected chi connectivity index (χ1v) is 3.74. The largest absolute Gasteiger partial charge is 0.348 e. The molecule has 5 heteroatoms. The van der Waals surface area contributed by atoms with E-state index in [1.54, 1.807) is 0 Å². The van der Waals surface area contributed by atoms with Gasteiger partial charge in [0, 0.05) is 6.42 Å². The zero-order chi connectivity index (χ0) is 8.97. The molecule has 1 atom stereocenters. The third-order valence-corrected chi connectivity index (χ3v) is 1.67. The van der Waals surface area contributed by atoms with Crippen molar-refractivity contribution in [1.82, 2.24) is 10.6 Å². The van der Waals surface area contributed by atoms with Crippen molar-refractivity contribution in [2.45, 2.75) is 18.9 Å². The molecule has 0 saturated carbocycles. The molecule has 0 aromatic rings. The van der Waals surface area contributed by atoms with Crippen molar-refractivity contribution in [3.8, 4) is 0 Å².